The van der Waals surface area contributed by atoms with Gasteiger partial charge in [-0.05, 0) is 55.5 Å². The van der Waals surface area contributed by atoms with E-state index >= 15 is 0 Å². The lowest BCUT2D eigenvalue weighted by atomic mass is 10.3. The molecule has 0 unspecified atom stereocenters. The molecule has 3 aromatic rings. The second-order valence-corrected chi connectivity index (χ2v) is 10.5. The third-order valence-electron chi connectivity index (χ3n) is 6.14. The van der Waals surface area contributed by atoms with E-state index in [2.05, 4.69) is 20.5 Å². The van der Waals surface area contributed by atoms with E-state index in [0.717, 1.165) is 10.6 Å². The van der Waals surface area contributed by atoms with Crippen molar-refractivity contribution in [1.82, 2.24) is 19.5 Å². The molecule has 0 bridgehead atoms. The lowest BCUT2D eigenvalue weighted by Gasteiger charge is -2.34. The first kappa shape index (κ1) is 23.8. The summed E-state index contributed by atoms with van der Waals surface area (Å²) in [5.74, 6) is 1.37. The molecule has 2 aliphatic rings. The highest BCUT2D eigenvalue weighted by atomic mass is 32.2. The number of aryl methyl sites for hydroxylation is 1. The van der Waals surface area contributed by atoms with Gasteiger partial charge in [-0.1, -0.05) is 6.07 Å². The molecule has 12 heteroatoms. The smallest absolute Gasteiger partial charge is 0.243 e. The molecule has 36 heavy (non-hydrogen) atoms. The van der Waals surface area contributed by atoms with Crippen molar-refractivity contribution in [3.05, 3.63) is 60.3 Å². The van der Waals surface area contributed by atoms with E-state index in [-0.39, 0.29) is 29.6 Å². The molecular weight excluding hydrogens is 482 g/mol. The molecule has 5 rings (SSSR count). The molecule has 2 fully saturated rings. The van der Waals surface area contributed by atoms with Gasteiger partial charge in [-0.25, -0.2) is 13.4 Å². The minimum Gasteiger partial charge on any atom is -0.352 e. The van der Waals surface area contributed by atoms with Crippen LogP contribution >= 0.6 is 0 Å². The van der Waals surface area contributed by atoms with E-state index in [1.165, 1.54) is 28.6 Å². The second kappa shape index (κ2) is 9.63. The van der Waals surface area contributed by atoms with Crippen LogP contribution in [-0.4, -0.2) is 65.9 Å². The van der Waals surface area contributed by atoms with Gasteiger partial charge in [0.25, 0.3) is 0 Å². The predicted octanol–water partition coefficient (Wildman–Crippen LogP) is 2.09. The number of hydrogen-bond acceptors (Lipinski definition) is 9. The van der Waals surface area contributed by atoms with Crippen LogP contribution in [0.4, 0.5) is 23.1 Å². The highest BCUT2D eigenvalue weighted by Gasteiger charge is 2.32. The molecule has 4 heterocycles. The van der Waals surface area contributed by atoms with Gasteiger partial charge in [0, 0.05) is 44.7 Å². The zero-order valence-electron chi connectivity index (χ0n) is 19.7. The van der Waals surface area contributed by atoms with Gasteiger partial charge in [0.05, 0.1) is 10.6 Å². The molecule has 2 aliphatic heterocycles. The summed E-state index contributed by atoms with van der Waals surface area (Å²) in [6, 6.07) is 15.2. The van der Waals surface area contributed by atoms with Crippen molar-refractivity contribution in [2.45, 2.75) is 24.7 Å². The largest absolute Gasteiger partial charge is 0.352 e. The normalized spacial score (nSPS) is 17.0. The Balaban J connectivity index is 1.21. The lowest BCUT2D eigenvalue weighted by Crippen LogP contribution is -2.49. The second-order valence-electron chi connectivity index (χ2n) is 8.57. The Morgan fingerprint density at radius 2 is 1.50 bits per heavy atom. The Morgan fingerprint density at radius 3 is 2.11 bits per heavy atom. The standard InChI is InChI=1S/C24H25N7O4S/c1-17-3-2-4-20(25-17)26-21-9-10-22(28-27-21)29-13-15-30(16-14-29)36(34,35)19-7-5-18(6-8-19)31-23(32)11-12-24(31)33/h2-10H,11-16H2,1H3,(H,25,26,27). The number of aromatic nitrogens is 3. The van der Waals surface area contributed by atoms with Crippen molar-refractivity contribution in [2.75, 3.05) is 41.3 Å². The van der Waals surface area contributed by atoms with E-state index < -0.39 is 10.0 Å². The maximum atomic E-state index is 13.2. The van der Waals surface area contributed by atoms with E-state index in [4.69, 9.17) is 0 Å². The van der Waals surface area contributed by atoms with Crippen LogP contribution in [0, 0.1) is 6.92 Å². The number of carbonyl (C=O) groups is 2. The van der Waals surface area contributed by atoms with Crippen LogP contribution in [0.2, 0.25) is 0 Å². The van der Waals surface area contributed by atoms with Crippen LogP contribution in [0.15, 0.2) is 59.5 Å². The zero-order chi connectivity index (χ0) is 25.3. The number of pyridine rings is 1. The maximum Gasteiger partial charge on any atom is 0.243 e. The fraction of sp³-hybridized carbons (Fsp3) is 0.292. The molecule has 186 valence electrons. The van der Waals surface area contributed by atoms with Crippen LogP contribution in [-0.2, 0) is 19.6 Å². The van der Waals surface area contributed by atoms with Crippen LogP contribution in [0.25, 0.3) is 0 Å². The minimum atomic E-state index is -3.71. The summed E-state index contributed by atoms with van der Waals surface area (Å²) in [4.78, 5) is 31.5. The molecule has 0 atom stereocenters. The van der Waals surface area contributed by atoms with Gasteiger partial charge in [-0.2, -0.15) is 4.31 Å². The Hall–Kier alpha value is -3.90. The van der Waals surface area contributed by atoms with Crippen molar-refractivity contribution >= 4 is 45.0 Å². The maximum absolute atomic E-state index is 13.2. The van der Waals surface area contributed by atoms with Gasteiger partial charge in [0.2, 0.25) is 21.8 Å². The van der Waals surface area contributed by atoms with E-state index in [1.807, 2.05) is 42.2 Å². The van der Waals surface area contributed by atoms with Crippen LogP contribution in [0.1, 0.15) is 18.5 Å². The number of amides is 2. The van der Waals surface area contributed by atoms with E-state index in [9.17, 15) is 18.0 Å². The molecule has 11 nitrogen and oxygen atoms in total. The van der Waals surface area contributed by atoms with Gasteiger partial charge in [-0.15, -0.1) is 10.2 Å². The first-order valence-corrected chi connectivity index (χ1v) is 13.0. The summed E-state index contributed by atoms with van der Waals surface area (Å²) in [5.41, 5.74) is 1.28. The molecular formula is C24H25N7O4S. The molecule has 0 saturated carbocycles. The Morgan fingerprint density at radius 1 is 0.806 bits per heavy atom. The summed E-state index contributed by atoms with van der Waals surface area (Å²) in [7, 11) is -3.71. The number of piperazine rings is 1. The average molecular weight is 508 g/mol. The van der Waals surface area contributed by atoms with Crippen molar-refractivity contribution in [3.63, 3.8) is 0 Å². The number of hydrogen-bond donors (Lipinski definition) is 1. The molecule has 0 spiro atoms. The van der Waals surface area contributed by atoms with Crippen molar-refractivity contribution in [1.29, 1.82) is 0 Å². The van der Waals surface area contributed by atoms with Crippen molar-refractivity contribution < 1.29 is 18.0 Å². The Bertz CT molecular complexity index is 1370. The van der Waals surface area contributed by atoms with Gasteiger partial charge in [0.1, 0.15) is 5.82 Å². The average Bonchev–Trinajstić information content (AvgIpc) is 3.22. The third-order valence-corrected chi connectivity index (χ3v) is 8.05. The lowest BCUT2D eigenvalue weighted by molar-refractivity contribution is -0.121. The van der Waals surface area contributed by atoms with Gasteiger partial charge < -0.3 is 10.2 Å². The number of carbonyl (C=O) groups excluding carboxylic acids is 2. The highest BCUT2D eigenvalue weighted by molar-refractivity contribution is 7.89. The fourth-order valence-electron chi connectivity index (χ4n) is 4.24. The molecule has 2 aromatic heterocycles. The summed E-state index contributed by atoms with van der Waals surface area (Å²) in [5, 5.41) is 11.6. The highest BCUT2D eigenvalue weighted by Crippen LogP contribution is 2.26. The Labute approximate surface area is 208 Å². The zero-order valence-corrected chi connectivity index (χ0v) is 20.5. The van der Waals surface area contributed by atoms with E-state index in [1.54, 1.807) is 0 Å². The van der Waals surface area contributed by atoms with Crippen molar-refractivity contribution in [3.8, 4) is 0 Å². The number of benzene rings is 1. The minimum absolute atomic E-state index is 0.124. The molecule has 0 radical (unpaired) electrons. The topological polar surface area (TPSA) is 129 Å². The third kappa shape index (κ3) is 4.77. The summed E-state index contributed by atoms with van der Waals surface area (Å²) in [6.07, 6.45) is 0.355. The Kier molecular flexibility index (Phi) is 6.37. The van der Waals surface area contributed by atoms with Crippen LogP contribution < -0.4 is 15.1 Å². The quantitative estimate of drug-likeness (QED) is 0.499. The summed E-state index contributed by atoms with van der Waals surface area (Å²) < 4.78 is 27.7. The summed E-state index contributed by atoms with van der Waals surface area (Å²) >= 11 is 0. The van der Waals surface area contributed by atoms with Crippen LogP contribution in [0.5, 0.6) is 0 Å². The predicted molar refractivity (Wildman–Crippen MR) is 133 cm³/mol. The van der Waals surface area contributed by atoms with Gasteiger partial charge in [-0.3, -0.25) is 14.5 Å². The number of nitrogens with zero attached hydrogens (tertiary/aromatic N) is 6. The first-order chi connectivity index (χ1) is 17.3. The van der Waals surface area contributed by atoms with Gasteiger partial charge >= 0.3 is 0 Å². The number of sulfonamides is 1. The van der Waals surface area contributed by atoms with Gasteiger partial charge in [0.15, 0.2) is 11.6 Å². The molecule has 2 saturated heterocycles. The van der Waals surface area contributed by atoms with Crippen LogP contribution in [0.3, 0.4) is 0 Å². The molecule has 1 N–H and O–H groups in total. The molecule has 1 aromatic carbocycles. The number of imide groups is 1. The number of rotatable bonds is 6. The van der Waals surface area contributed by atoms with E-state index in [0.29, 0.717) is 49.3 Å². The molecule has 0 aliphatic carbocycles. The molecule has 2 amide bonds. The monoisotopic (exact) mass is 507 g/mol. The van der Waals surface area contributed by atoms with Crippen molar-refractivity contribution in [2.24, 2.45) is 0 Å². The SMILES string of the molecule is Cc1cccc(Nc2ccc(N3CCN(S(=O)(=O)c4ccc(N5C(=O)CCC5=O)cc4)CC3)nn2)n1. The summed E-state index contributed by atoms with van der Waals surface area (Å²) in [6.45, 7) is 3.43. The number of nitrogens with one attached hydrogen (secondary N) is 1. The first-order valence-electron chi connectivity index (χ1n) is 11.6. The fourth-order valence-corrected chi connectivity index (χ4v) is 5.66. The number of anilines is 4.